The molecular weight excluding hydrogens is 513 g/mol. The van der Waals surface area contributed by atoms with E-state index in [4.69, 9.17) is 17.0 Å². The number of anilines is 1. The molecule has 2 N–H and O–H groups in total. The number of rotatable bonds is 8. The third-order valence-electron chi connectivity index (χ3n) is 7.03. The average molecular weight is 544 g/mol. The molecule has 1 aliphatic rings. The summed E-state index contributed by atoms with van der Waals surface area (Å²) in [6.07, 6.45) is 1.98. The van der Waals surface area contributed by atoms with Crippen molar-refractivity contribution < 1.29 is 13.9 Å². The normalized spacial score (nSPS) is 16.7. The fraction of sp³-hybridized carbons (Fsp3) is 0.233. The van der Waals surface area contributed by atoms with Crippen molar-refractivity contribution in [2.45, 2.75) is 32.4 Å². The first-order valence-electron chi connectivity index (χ1n) is 12.7. The Bertz CT molecular complexity index is 1470. The van der Waals surface area contributed by atoms with Crippen molar-refractivity contribution in [2.24, 2.45) is 0 Å². The summed E-state index contributed by atoms with van der Waals surface area (Å²) in [4.78, 5) is 19.5. The first kappa shape index (κ1) is 26.4. The van der Waals surface area contributed by atoms with Crippen LogP contribution in [0.1, 0.15) is 41.1 Å². The average Bonchev–Trinajstić information content (AvgIpc) is 3.43. The van der Waals surface area contributed by atoms with Crippen LogP contribution in [-0.4, -0.2) is 39.1 Å². The van der Waals surface area contributed by atoms with Crippen molar-refractivity contribution in [1.82, 2.24) is 19.8 Å². The van der Waals surface area contributed by atoms with E-state index in [1.807, 2.05) is 42.5 Å². The summed E-state index contributed by atoms with van der Waals surface area (Å²) in [5.74, 6) is 0.275. The van der Waals surface area contributed by atoms with Gasteiger partial charge in [0.15, 0.2) is 5.11 Å². The van der Waals surface area contributed by atoms with Crippen LogP contribution < -0.4 is 15.4 Å². The number of nitrogens with one attached hydrogen (secondary N) is 2. The summed E-state index contributed by atoms with van der Waals surface area (Å²) in [7, 11) is 1.65. The maximum Gasteiger partial charge on any atom is 0.226 e. The third kappa shape index (κ3) is 5.49. The first-order valence-corrected chi connectivity index (χ1v) is 13.1. The molecule has 0 saturated carbocycles. The van der Waals surface area contributed by atoms with Crippen LogP contribution in [0.25, 0.3) is 5.69 Å². The molecule has 200 valence electrons. The number of nitrogens with zero attached hydrogens (tertiary/aromatic N) is 3. The molecule has 4 aromatic rings. The van der Waals surface area contributed by atoms with Crippen molar-refractivity contribution >= 4 is 28.9 Å². The number of thiocarbonyl (C=S) groups is 1. The Kier molecular flexibility index (Phi) is 7.60. The van der Waals surface area contributed by atoms with E-state index in [0.717, 1.165) is 34.1 Å². The van der Waals surface area contributed by atoms with Crippen molar-refractivity contribution in [3.05, 3.63) is 107 Å². The van der Waals surface area contributed by atoms with Gasteiger partial charge in [0.25, 0.3) is 0 Å². The Morgan fingerprint density at radius 3 is 2.51 bits per heavy atom. The highest BCUT2D eigenvalue weighted by Gasteiger charge is 2.41. The van der Waals surface area contributed by atoms with Gasteiger partial charge < -0.3 is 24.8 Å². The lowest BCUT2D eigenvalue weighted by Gasteiger charge is -2.28. The first-order chi connectivity index (χ1) is 18.9. The number of ether oxygens (including phenoxy) is 1. The van der Waals surface area contributed by atoms with Crippen LogP contribution in [0.4, 0.5) is 10.1 Å². The molecule has 0 unspecified atom stereocenters. The van der Waals surface area contributed by atoms with Gasteiger partial charge in [0.05, 0.1) is 24.9 Å². The number of aromatic nitrogens is 2. The lowest BCUT2D eigenvalue weighted by molar-refractivity contribution is -0.116. The summed E-state index contributed by atoms with van der Waals surface area (Å²) in [6.45, 7) is 4.58. The molecule has 2 atom stereocenters. The molecule has 2 aromatic carbocycles. The zero-order chi connectivity index (χ0) is 27.5. The topological polar surface area (TPSA) is 71.4 Å². The fourth-order valence-electron chi connectivity index (χ4n) is 5.18. The van der Waals surface area contributed by atoms with Gasteiger partial charge in [-0.2, -0.15) is 0 Å². The van der Waals surface area contributed by atoms with Gasteiger partial charge in [0.2, 0.25) is 5.91 Å². The predicted molar refractivity (Wildman–Crippen MR) is 154 cm³/mol. The Balaban J connectivity index is 1.45. The standard InChI is InChI=1S/C30H30FN5O2S/c1-19-18-25(20(2)36(19)23-11-13-24(38-3)14-12-23)29-28(26-6-4-5-16-32-26)34-30(39)35(29)17-15-27(37)33-22-9-7-21(31)8-10-22/h4-14,16,18,28-29H,15,17H2,1-3H3,(H,33,37)(H,34,39)/t28-,29+/m1/s1. The highest BCUT2D eigenvalue weighted by molar-refractivity contribution is 7.80. The summed E-state index contributed by atoms with van der Waals surface area (Å²) < 4.78 is 20.8. The lowest BCUT2D eigenvalue weighted by atomic mass is 9.96. The van der Waals surface area contributed by atoms with Gasteiger partial charge in [-0.1, -0.05) is 6.07 Å². The smallest absolute Gasteiger partial charge is 0.226 e. The summed E-state index contributed by atoms with van der Waals surface area (Å²) >= 11 is 5.79. The van der Waals surface area contributed by atoms with Crippen molar-refractivity contribution in [1.29, 1.82) is 0 Å². The number of halogens is 1. The van der Waals surface area contributed by atoms with Gasteiger partial charge in [-0.15, -0.1) is 0 Å². The Morgan fingerprint density at radius 2 is 1.85 bits per heavy atom. The van der Waals surface area contributed by atoms with E-state index in [1.165, 1.54) is 12.1 Å². The molecular formula is C30H30FN5O2S. The monoisotopic (exact) mass is 543 g/mol. The molecule has 0 bridgehead atoms. The van der Waals surface area contributed by atoms with Crippen LogP contribution in [0.2, 0.25) is 0 Å². The molecule has 0 aliphatic carbocycles. The molecule has 9 heteroatoms. The zero-order valence-electron chi connectivity index (χ0n) is 22.0. The number of aryl methyl sites for hydroxylation is 1. The van der Waals surface area contributed by atoms with Gasteiger partial charge in [-0.3, -0.25) is 9.78 Å². The molecule has 0 spiro atoms. The molecule has 39 heavy (non-hydrogen) atoms. The van der Waals surface area contributed by atoms with E-state index >= 15 is 0 Å². The predicted octanol–water partition coefficient (Wildman–Crippen LogP) is 5.64. The van der Waals surface area contributed by atoms with Crippen LogP contribution in [0.15, 0.2) is 79.0 Å². The third-order valence-corrected chi connectivity index (χ3v) is 7.38. The number of methoxy groups -OCH3 is 1. The molecule has 7 nitrogen and oxygen atoms in total. The van der Waals surface area contributed by atoms with Crippen molar-refractivity contribution in [3.63, 3.8) is 0 Å². The molecule has 2 aromatic heterocycles. The van der Waals surface area contributed by atoms with Gasteiger partial charge in [0, 0.05) is 41.9 Å². The number of carbonyl (C=O) groups excluding carboxylic acids is 1. The Morgan fingerprint density at radius 1 is 1.10 bits per heavy atom. The highest BCUT2D eigenvalue weighted by atomic mass is 32.1. The highest BCUT2D eigenvalue weighted by Crippen LogP contribution is 2.41. The van der Waals surface area contributed by atoms with Gasteiger partial charge >= 0.3 is 0 Å². The quantitative estimate of drug-likeness (QED) is 0.281. The van der Waals surface area contributed by atoms with Gasteiger partial charge in [0.1, 0.15) is 11.6 Å². The Hall–Kier alpha value is -4.24. The number of benzene rings is 2. The number of carbonyl (C=O) groups is 1. The van der Waals surface area contributed by atoms with E-state index in [9.17, 15) is 9.18 Å². The minimum atomic E-state index is -0.350. The lowest BCUT2D eigenvalue weighted by Crippen LogP contribution is -2.32. The molecule has 1 aliphatic heterocycles. The number of pyridine rings is 1. The summed E-state index contributed by atoms with van der Waals surface area (Å²) in [5, 5.41) is 6.86. The van der Waals surface area contributed by atoms with E-state index in [2.05, 4.69) is 45.0 Å². The minimum absolute atomic E-state index is 0.173. The number of hydrogen-bond acceptors (Lipinski definition) is 4. The van der Waals surface area contributed by atoms with E-state index in [-0.39, 0.29) is 30.2 Å². The fourth-order valence-corrected chi connectivity index (χ4v) is 5.51. The second-order valence-corrected chi connectivity index (χ2v) is 9.87. The Labute approximate surface area is 232 Å². The molecule has 1 saturated heterocycles. The second kappa shape index (κ2) is 11.2. The maximum absolute atomic E-state index is 13.3. The largest absolute Gasteiger partial charge is 0.497 e. The number of hydrogen-bond donors (Lipinski definition) is 2. The maximum atomic E-state index is 13.3. The SMILES string of the molecule is COc1ccc(-n2c(C)cc([C@H]3[C@@H](c4ccccn4)NC(=S)N3CCC(=O)Nc3ccc(F)cc3)c2C)cc1. The van der Waals surface area contributed by atoms with Crippen LogP contribution >= 0.6 is 12.2 Å². The molecule has 1 amide bonds. The minimum Gasteiger partial charge on any atom is -0.497 e. The van der Waals surface area contributed by atoms with Crippen molar-refractivity contribution in [2.75, 3.05) is 19.0 Å². The molecule has 1 fully saturated rings. The number of amides is 1. The summed E-state index contributed by atoms with van der Waals surface area (Å²) in [5.41, 5.74) is 5.72. The van der Waals surface area contributed by atoms with Crippen LogP contribution in [0.3, 0.4) is 0 Å². The molecule has 0 radical (unpaired) electrons. The molecule has 3 heterocycles. The summed E-state index contributed by atoms with van der Waals surface area (Å²) in [6, 6.07) is 21.3. The van der Waals surface area contributed by atoms with Gasteiger partial charge in [-0.05, 0) is 98.4 Å². The van der Waals surface area contributed by atoms with Crippen molar-refractivity contribution in [3.8, 4) is 11.4 Å². The molecule has 5 rings (SSSR count). The van der Waals surface area contributed by atoms with Crippen LogP contribution in [0, 0.1) is 19.7 Å². The zero-order valence-corrected chi connectivity index (χ0v) is 22.8. The van der Waals surface area contributed by atoms with Gasteiger partial charge in [-0.25, -0.2) is 4.39 Å². The second-order valence-electron chi connectivity index (χ2n) is 9.48. The van der Waals surface area contributed by atoms with Crippen LogP contribution in [0.5, 0.6) is 5.75 Å². The van der Waals surface area contributed by atoms with E-state index in [0.29, 0.717) is 17.3 Å². The van der Waals surface area contributed by atoms with E-state index < -0.39 is 0 Å². The van der Waals surface area contributed by atoms with Crippen LogP contribution in [-0.2, 0) is 4.79 Å². The van der Waals surface area contributed by atoms with E-state index in [1.54, 1.807) is 25.4 Å².